The van der Waals surface area contributed by atoms with Crippen LogP contribution in [0.4, 0.5) is 0 Å². The van der Waals surface area contributed by atoms with Gasteiger partial charge in [0.1, 0.15) is 5.01 Å². The Labute approximate surface area is 157 Å². The summed E-state index contributed by atoms with van der Waals surface area (Å²) in [6.07, 6.45) is 0. The van der Waals surface area contributed by atoms with E-state index in [4.69, 9.17) is 0 Å². The van der Waals surface area contributed by atoms with E-state index in [1.54, 1.807) is 28.0 Å². The molecule has 0 aliphatic heterocycles. The van der Waals surface area contributed by atoms with Crippen molar-refractivity contribution in [1.29, 1.82) is 0 Å². The summed E-state index contributed by atoms with van der Waals surface area (Å²) in [6.45, 7) is 6.20. The van der Waals surface area contributed by atoms with Crippen molar-refractivity contribution in [2.75, 3.05) is 12.8 Å². The lowest BCUT2D eigenvalue weighted by Gasteiger charge is -2.23. The molecule has 1 aromatic heterocycles. The molecule has 25 heavy (non-hydrogen) atoms. The van der Waals surface area contributed by atoms with Gasteiger partial charge in [0.2, 0.25) is 5.91 Å². The summed E-state index contributed by atoms with van der Waals surface area (Å²) in [5.41, 5.74) is 3.43. The van der Waals surface area contributed by atoms with Gasteiger partial charge in [-0.2, -0.15) is 0 Å². The Kier molecular flexibility index (Phi) is 5.45. The van der Waals surface area contributed by atoms with Gasteiger partial charge in [-0.05, 0) is 44.5 Å². The summed E-state index contributed by atoms with van der Waals surface area (Å²) in [7, 11) is 1.86. The van der Waals surface area contributed by atoms with E-state index < -0.39 is 0 Å². The van der Waals surface area contributed by atoms with Crippen LogP contribution in [0.15, 0.2) is 47.4 Å². The third-order valence-electron chi connectivity index (χ3n) is 4.34. The summed E-state index contributed by atoms with van der Waals surface area (Å²) in [6, 6.07) is 14.4. The lowest BCUT2D eigenvalue weighted by molar-refractivity contribution is -0.128. The Balaban J connectivity index is 1.67. The molecule has 0 radical (unpaired) electrons. The zero-order valence-electron chi connectivity index (χ0n) is 14.9. The van der Waals surface area contributed by atoms with Crippen molar-refractivity contribution in [2.45, 2.75) is 31.7 Å². The zero-order chi connectivity index (χ0) is 18.0. The van der Waals surface area contributed by atoms with E-state index in [0.717, 1.165) is 15.2 Å². The van der Waals surface area contributed by atoms with Gasteiger partial charge >= 0.3 is 0 Å². The smallest absolute Gasteiger partial charge is 0.233 e. The van der Waals surface area contributed by atoms with E-state index in [0.29, 0.717) is 5.75 Å². The van der Waals surface area contributed by atoms with Crippen LogP contribution < -0.4 is 0 Å². The van der Waals surface area contributed by atoms with Crippen LogP contribution in [0.2, 0.25) is 0 Å². The molecular weight excluding hydrogens is 348 g/mol. The van der Waals surface area contributed by atoms with Crippen molar-refractivity contribution < 1.29 is 4.79 Å². The van der Waals surface area contributed by atoms with Crippen molar-refractivity contribution in [3.63, 3.8) is 0 Å². The number of hydrogen-bond donors (Lipinski definition) is 0. The molecule has 0 N–H and O–H groups in total. The van der Waals surface area contributed by atoms with E-state index >= 15 is 0 Å². The number of aryl methyl sites for hydroxylation is 2. The van der Waals surface area contributed by atoms with Gasteiger partial charge in [0.05, 0.1) is 22.0 Å². The number of thioether (sulfide) groups is 1. The second-order valence-electron chi connectivity index (χ2n) is 6.26. The second kappa shape index (κ2) is 7.58. The highest BCUT2D eigenvalue weighted by Gasteiger charge is 2.20. The maximum absolute atomic E-state index is 12.6. The fourth-order valence-electron chi connectivity index (χ4n) is 2.55. The number of hydrogen-bond acceptors (Lipinski definition) is 4. The molecule has 1 amide bonds. The molecule has 2 aromatic carbocycles. The number of carbonyl (C=O) groups is 1. The van der Waals surface area contributed by atoms with Gasteiger partial charge in [0, 0.05) is 11.9 Å². The van der Waals surface area contributed by atoms with Crippen LogP contribution >= 0.6 is 23.1 Å². The normalized spacial score (nSPS) is 12.3. The third kappa shape index (κ3) is 4.05. The number of nitrogens with zero attached hydrogens (tertiary/aromatic N) is 2. The highest BCUT2D eigenvalue weighted by atomic mass is 32.2. The minimum Gasteiger partial charge on any atom is -0.336 e. The molecular formula is C20H22N2OS2. The van der Waals surface area contributed by atoms with Crippen molar-refractivity contribution in [3.05, 3.63) is 58.6 Å². The van der Waals surface area contributed by atoms with Crippen LogP contribution in [0.3, 0.4) is 0 Å². The Morgan fingerprint density at radius 1 is 1.24 bits per heavy atom. The molecule has 5 heteroatoms. The maximum Gasteiger partial charge on any atom is 0.233 e. The highest BCUT2D eigenvalue weighted by Crippen LogP contribution is 2.30. The lowest BCUT2D eigenvalue weighted by atomic mass is 10.2. The van der Waals surface area contributed by atoms with Crippen LogP contribution in [0.5, 0.6) is 0 Å². The first-order chi connectivity index (χ1) is 12.0. The topological polar surface area (TPSA) is 33.2 Å². The van der Waals surface area contributed by atoms with E-state index in [2.05, 4.69) is 43.1 Å². The SMILES string of the molecule is Cc1ccc(C)c(SCC(=O)N(C)[C@H](C)c2nc3ccccc3s2)c1. The van der Waals surface area contributed by atoms with Gasteiger partial charge < -0.3 is 4.90 Å². The standard InChI is InChI=1S/C20H22N2OS2/c1-13-9-10-14(2)18(11-13)24-12-19(23)22(4)15(3)20-21-16-7-5-6-8-17(16)25-20/h5-11,15H,12H2,1-4H3/t15-/m1/s1. The van der Waals surface area contributed by atoms with E-state index in [1.165, 1.54) is 16.0 Å². The number of fused-ring (bicyclic) bond motifs is 1. The lowest BCUT2D eigenvalue weighted by Crippen LogP contribution is -2.31. The van der Waals surface area contributed by atoms with Gasteiger partial charge in [0.15, 0.2) is 0 Å². The highest BCUT2D eigenvalue weighted by molar-refractivity contribution is 8.00. The number of carbonyl (C=O) groups excluding carboxylic acids is 1. The van der Waals surface area contributed by atoms with E-state index in [1.807, 2.05) is 32.2 Å². The third-order valence-corrected chi connectivity index (χ3v) is 6.69. The molecule has 3 nitrogen and oxygen atoms in total. The van der Waals surface area contributed by atoms with Crippen LogP contribution in [0, 0.1) is 13.8 Å². The van der Waals surface area contributed by atoms with Gasteiger partial charge in [-0.1, -0.05) is 29.8 Å². The molecule has 0 saturated carbocycles. The van der Waals surface area contributed by atoms with Gasteiger partial charge in [0.25, 0.3) is 0 Å². The zero-order valence-corrected chi connectivity index (χ0v) is 16.6. The molecule has 1 heterocycles. The molecule has 0 aliphatic rings. The Morgan fingerprint density at radius 2 is 2.00 bits per heavy atom. The van der Waals surface area contributed by atoms with Gasteiger partial charge in [-0.25, -0.2) is 4.98 Å². The summed E-state index contributed by atoms with van der Waals surface area (Å²) in [5, 5.41) is 0.980. The van der Waals surface area contributed by atoms with E-state index in [9.17, 15) is 4.79 Å². The quantitative estimate of drug-likeness (QED) is 0.577. The molecule has 0 unspecified atom stereocenters. The summed E-state index contributed by atoms with van der Waals surface area (Å²) < 4.78 is 1.16. The number of para-hydroxylation sites is 1. The first kappa shape index (κ1) is 18.0. The van der Waals surface area contributed by atoms with Crippen molar-refractivity contribution in [2.24, 2.45) is 0 Å². The van der Waals surface area contributed by atoms with Crippen LogP contribution in [0.1, 0.15) is 29.1 Å². The fourth-order valence-corrected chi connectivity index (χ4v) is 4.66. The molecule has 3 aromatic rings. The molecule has 130 valence electrons. The molecule has 0 fully saturated rings. The van der Waals surface area contributed by atoms with Crippen LogP contribution in [0.25, 0.3) is 10.2 Å². The summed E-state index contributed by atoms with van der Waals surface area (Å²) in [4.78, 5) is 20.3. The number of amides is 1. The second-order valence-corrected chi connectivity index (χ2v) is 8.34. The average molecular weight is 371 g/mol. The minimum atomic E-state index is -0.0240. The Hall–Kier alpha value is -1.85. The molecule has 0 saturated heterocycles. The first-order valence-corrected chi connectivity index (χ1v) is 10.1. The molecule has 0 bridgehead atoms. The number of benzene rings is 2. The Bertz CT molecular complexity index is 871. The minimum absolute atomic E-state index is 0.0240. The first-order valence-electron chi connectivity index (χ1n) is 8.27. The predicted octanol–water partition coefficient (Wildman–Crippen LogP) is 5.22. The molecule has 1 atom stereocenters. The number of thiazole rings is 1. The van der Waals surface area contributed by atoms with Gasteiger partial charge in [-0.15, -0.1) is 23.1 Å². The fraction of sp³-hybridized carbons (Fsp3) is 0.300. The molecule has 0 spiro atoms. The average Bonchev–Trinajstić information content (AvgIpc) is 3.05. The van der Waals surface area contributed by atoms with Crippen molar-refractivity contribution in [3.8, 4) is 0 Å². The van der Waals surface area contributed by atoms with Crippen molar-refractivity contribution >= 4 is 39.2 Å². The number of rotatable bonds is 5. The number of aromatic nitrogens is 1. The van der Waals surface area contributed by atoms with E-state index in [-0.39, 0.29) is 11.9 Å². The van der Waals surface area contributed by atoms with Gasteiger partial charge in [-0.3, -0.25) is 4.79 Å². The Morgan fingerprint density at radius 3 is 2.76 bits per heavy atom. The predicted molar refractivity (Wildman–Crippen MR) is 107 cm³/mol. The molecule has 0 aliphatic carbocycles. The summed E-state index contributed by atoms with van der Waals surface area (Å²) >= 11 is 3.27. The van der Waals surface area contributed by atoms with Crippen LogP contribution in [-0.4, -0.2) is 28.6 Å². The largest absolute Gasteiger partial charge is 0.336 e. The van der Waals surface area contributed by atoms with Crippen LogP contribution in [-0.2, 0) is 4.79 Å². The molecule has 3 rings (SSSR count). The summed E-state index contributed by atoms with van der Waals surface area (Å²) in [5.74, 6) is 0.563. The van der Waals surface area contributed by atoms with Crippen molar-refractivity contribution in [1.82, 2.24) is 9.88 Å². The monoisotopic (exact) mass is 370 g/mol. The maximum atomic E-state index is 12.6.